The lowest BCUT2D eigenvalue weighted by molar-refractivity contribution is -0.144. The van der Waals surface area contributed by atoms with Gasteiger partial charge in [0.2, 0.25) is 0 Å². The molecule has 0 spiro atoms. The molecule has 1 aliphatic heterocycles. The van der Waals surface area contributed by atoms with E-state index in [9.17, 15) is 22.8 Å². The highest BCUT2D eigenvalue weighted by molar-refractivity contribution is 6.39. The van der Waals surface area contributed by atoms with Crippen LogP contribution in [0, 0.1) is 0 Å². The summed E-state index contributed by atoms with van der Waals surface area (Å²) in [6.07, 6.45) is -4.62. The van der Waals surface area contributed by atoms with Crippen molar-refractivity contribution in [2.24, 2.45) is 0 Å². The Morgan fingerprint density at radius 1 is 0.893 bits per heavy atom. The molecule has 148 valence electrons. The topological polar surface area (TPSA) is 52.7 Å². The number of alkyl halides is 3. The minimum absolute atomic E-state index is 0.347. The van der Waals surface area contributed by atoms with Crippen LogP contribution in [0.15, 0.2) is 54.6 Å². The van der Waals surface area contributed by atoms with Gasteiger partial charge >= 0.3 is 18.0 Å². The zero-order chi connectivity index (χ0) is 20.1. The zero-order valence-electron chi connectivity index (χ0n) is 15.1. The van der Waals surface area contributed by atoms with Crippen molar-refractivity contribution in [3.8, 4) is 0 Å². The third-order valence-electron chi connectivity index (χ3n) is 4.58. The maximum absolute atomic E-state index is 13.0. The van der Waals surface area contributed by atoms with Gasteiger partial charge in [-0.15, -0.1) is 0 Å². The van der Waals surface area contributed by atoms with Crippen molar-refractivity contribution in [2.75, 3.05) is 31.5 Å². The maximum Gasteiger partial charge on any atom is 0.418 e. The minimum atomic E-state index is -4.62. The van der Waals surface area contributed by atoms with Gasteiger partial charge in [-0.3, -0.25) is 14.5 Å². The van der Waals surface area contributed by atoms with Crippen LogP contribution < -0.4 is 5.32 Å². The molecule has 1 aliphatic rings. The van der Waals surface area contributed by atoms with Crippen molar-refractivity contribution in [2.45, 2.75) is 12.7 Å². The van der Waals surface area contributed by atoms with E-state index in [-0.39, 0.29) is 0 Å². The molecule has 2 aromatic rings. The first kappa shape index (κ1) is 19.9. The molecule has 0 radical (unpaired) electrons. The molecule has 1 saturated heterocycles. The molecular formula is C20H20F3N3O2. The average molecular weight is 391 g/mol. The van der Waals surface area contributed by atoms with Crippen LogP contribution in [-0.4, -0.2) is 47.8 Å². The molecule has 2 amide bonds. The highest BCUT2D eigenvalue weighted by Crippen LogP contribution is 2.34. The lowest BCUT2D eigenvalue weighted by Crippen LogP contribution is -2.51. The number of hydrogen-bond acceptors (Lipinski definition) is 3. The fraction of sp³-hybridized carbons (Fsp3) is 0.300. The monoisotopic (exact) mass is 391 g/mol. The van der Waals surface area contributed by atoms with Gasteiger partial charge in [-0.05, 0) is 17.7 Å². The minimum Gasteiger partial charge on any atom is -0.332 e. The fourth-order valence-electron chi connectivity index (χ4n) is 3.11. The summed E-state index contributed by atoms with van der Waals surface area (Å²) in [5, 5.41) is 2.10. The van der Waals surface area contributed by atoms with Gasteiger partial charge in [0.1, 0.15) is 0 Å². The molecular weight excluding hydrogens is 371 g/mol. The standard InChI is InChI=1S/C20H20F3N3O2/c21-20(22,23)16-8-4-5-9-17(16)24-18(27)19(28)26-12-10-25(11-13-26)14-15-6-2-1-3-7-15/h1-9H,10-14H2,(H,24,27). The summed E-state index contributed by atoms with van der Waals surface area (Å²) < 4.78 is 39.1. The quantitative estimate of drug-likeness (QED) is 0.819. The van der Waals surface area contributed by atoms with Crippen LogP contribution in [-0.2, 0) is 22.3 Å². The van der Waals surface area contributed by atoms with Crippen molar-refractivity contribution in [1.82, 2.24) is 9.80 Å². The summed E-state index contributed by atoms with van der Waals surface area (Å²) >= 11 is 0. The third-order valence-corrected chi connectivity index (χ3v) is 4.58. The molecule has 1 N–H and O–H groups in total. The molecule has 0 aliphatic carbocycles. The van der Waals surface area contributed by atoms with Gasteiger partial charge in [0.15, 0.2) is 0 Å². The van der Waals surface area contributed by atoms with Crippen molar-refractivity contribution in [3.05, 3.63) is 65.7 Å². The van der Waals surface area contributed by atoms with E-state index >= 15 is 0 Å². The second kappa shape index (κ2) is 8.43. The van der Waals surface area contributed by atoms with Gasteiger partial charge in [-0.1, -0.05) is 42.5 Å². The van der Waals surface area contributed by atoms with Crippen LogP contribution in [0.2, 0.25) is 0 Å². The van der Waals surface area contributed by atoms with E-state index in [2.05, 4.69) is 10.2 Å². The Labute approximate surface area is 160 Å². The van der Waals surface area contributed by atoms with Gasteiger partial charge in [-0.2, -0.15) is 13.2 Å². The van der Waals surface area contributed by atoms with Crippen LogP contribution in [0.25, 0.3) is 0 Å². The lowest BCUT2D eigenvalue weighted by atomic mass is 10.1. The second-order valence-corrected chi connectivity index (χ2v) is 6.55. The Balaban J connectivity index is 1.56. The summed E-state index contributed by atoms with van der Waals surface area (Å²) in [4.78, 5) is 28.1. The van der Waals surface area contributed by atoms with Crippen LogP contribution >= 0.6 is 0 Å². The maximum atomic E-state index is 13.0. The van der Waals surface area contributed by atoms with E-state index in [1.165, 1.54) is 17.0 Å². The van der Waals surface area contributed by atoms with Crippen molar-refractivity contribution in [3.63, 3.8) is 0 Å². The number of hydrogen-bond donors (Lipinski definition) is 1. The fourth-order valence-corrected chi connectivity index (χ4v) is 3.11. The number of nitrogens with zero attached hydrogens (tertiary/aromatic N) is 2. The largest absolute Gasteiger partial charge is 0.418 e. The number of anilines is 1. The zero-order valence-corrected chi connectivity index (χ0v) is 15.1. The van der Waals surface area contributed by atoms with Crippen molar-refractivity contribution in [1.29, 1.82) is 0 Å². The van der Waals surface area contributed by atoms with E-state index < -0.39 is 29.2 Å². The van der Waals surface area contributed by atoms with E-state index in [4.69, 9.17) is 0 Å². The summed E-state index contributed by atoms with van der Waals surface area (Å²) in [6.45, 7) is 2.62. The molecule has 5 nitrogen and oxygen atoms in total. The van der Waals surface area contributed by atoms with E-state index in [0.29, 0.717) is 26.2 Å². The Bertz CT molecular complexity index is 832. The number of piperazine rings is 1. The van der Waals surface area contributed by atoms with Crippen molar-refractivity contribution >= 4 is 17.5 Å². The molecule has 3 rings (SSSR count). The number of carbonyl (C=O) groups is 2. The Morgan fingerprint density at radius 2 is 1.50 bits per heavy atom. The Kier molecular flexibility index (Phi) is 5.99. The van der Waals surface area contributed by atoms with Gasteiger partial charge in [0.25, 0.3) is 0 Å². The first-order chi connectivity index (χ1) is 13.3. The Morgan fingerprint density at radius 3 is 2.14 bits per heavy atom. The molecule has 0 bridgehead atoms. The van der Waals surface area contributed by atoms with E-state index in [1.54, 1.807) is 0 Å². The van der Waals surface area contributed by atoms with Crippen LogP contribution in [0.4, 0.5) is 18.9 Å². The molecule has 0 saturated carbocycles. The molecule has 1 fully saturated rings. The Hall–Kier alpha value is -2.87. The normalized spacial score (nSPS) is 15.3. The molecule has 0 aromatic heterocycles. The predicted octanol–water partition coefficient (Wildman–Crippen LogP) is 2.99. The van der Waals surface area contributed by atoms with E-state index in [0.717, 1.165) is 24.2 Å². The molecule has 2 aromatic carbocycles. The molecule has 0 atom stereocenters. The van der Waals surface area contributed by atoms with Gasteiger partial charge in [0, 0.05) is 32.7 Å². The van der Waals surface area contributed by atoms with Crippen LogP contribution in [0.1, 0.15) is 11.1 Å². The smallest absolute Gasteiger partial charge is 0.332 e. The van der Waals surface area contributed by atoms with Gasteiger partial charge < -0.3 is 10.2 Å². The highest BCUT2D eigenvalue weighted by Gasteiger charge is 2.34. The lowest BCUT2D eigenvalue weighted by Gasteiger charge is -2.34. The van der Waals surface area contributed by atoms with Gasteiger partial charge in [0.05, 0.1) is 11.3 Å². The van der Waals surface area contributed by atoms with Crippen LogP contribution in [0.5, 0.6) is 0 Å². The summed E-state index contributed by atoms with van der Waals surface area (Å²) in [7, 11) is 0. The summed E-state index contributed by atoms with van der Waals surface area (Å²) in [6, 6.07) is 14.5. The number of benzene rings is 2. The van der Waals surface area contributed by atoms with Crippen LogP contribution in [0.3, 0.4) is 0 Å². The highest BCUT2D eigenvalue weighted by atomic mass is 19.4. The second-order valence-electron chi connectivity index (χ2n) is 6.55. The van der Waals surface area contributed by atoms with E-state index in [1.807, 2.05) is 30.3 Å². The number of nitrogens with one attached hydrogen (secondary N) is 1. The van der Waals surface area contributed by atoms with Gasteiger partial charge in [-0.25, -0.2) is 0 Å². The average Bonchev–Trinajstić information content (AvgIpc) is 2.68. The number of halogens is 3. The molecule has 28 heavy (non-hydrogen) atoms. The summed E-state index contributed by atoms with van der Waals surface area (Å²) in [5.74, 6) is -1.88. The number of amides is 2. The predicted molar refractivity (Wildman–Crippen MR) is 98.4 cm³/mol. The number of rotatable bonds is 3. The first-order valence-corrected chi connectivity index (χ1v) is 8.87. The SMILES string of the molecule is O=C(Nc1ccccc1C(F)(F)F)C(=O)N1CCN(Cc2ccccc2)CC1. The third kappa shape index (κ3) is 4.89. The molecule has 8 heteroatoms. The number of carbonyl (C=O) groups excluding carboxylic acids is 2. The molecule has 0 unspecified atom stereocenters. The van der Waals surface area contributed by atoms with Crippen molar-refractivity contribution < 1.29 is 22.8 Å². The first-order valence-electron chi connectivity index (χ1n) is 8.87. The molecule has 1 heterocycles. The summed E-state index contributed by atoms with van der Waals surface area (Å²) in [5.41, 5.74) is -0.247. The number of para-hydroxylation sites is 1.